The summed E-state index contributed by atoms with van der Waals surface area (Å²) in [5.41, 5.74) is 6.16. The molecular weight excluding hydrogens is 360 g/mol. The molecule has 0 aromatic heterocycles. The second-order valence-electron chi connectivity index (χ2n) is 4.44. The van der Waals surface area contributed by atoms with E-state index >= 15 is 0 Å². The van der Waals surface area contributed by atoms with Gasteiger partial charge >= 0.3 is 0 Å². The van der Waals surface area contributed by atoms with Crippen LogP contribution in [0.5, 0.6) is 11.5 Å². The van der Waals surface area contributed by atoms with Crippen molar-refractivity contribution in [3.05, 3.63) is 22.2 Å². The predicted molar refractivity (Wildman–Crippen MR) is 89.7 cm³/mol. The van der Waals surface area contributed by atoms with Gasteiger partial charge in [0.1, 0.15) is 0 Å². The summed E-state index contributed by atoms with van der Waals surface area (Å²) in [6.45, 7) is 4.86. The molecule has 0 aliphatic rings. The first-order chi connectivity index (χ1) is 9.49. The molecule has 0 radical (unpaired) electrons. The van der Waals surface area contributed by atoms with Crippen LogP contribution >= 0.6 is 28.3 Å². The second-order valence-corrected chi connectivity index (χ2v) is 5.30. The Balaban J connectivity index is 0.00000400. The lowest BCUT2D eigenvalue weighted by molar-refractivity contribution is 0.0952. The van der Waals surface area contributed by atoms with Crippen LogP contribution in [0, 0.1) is 0 Å². The van der Waals surface area contributed by atoms with Gasteiger partial charge in [0.15, 0.2) is 11.5 Å². The normalized spacial score (nSPS) is 11.3. The summed E-state index contributed by atoms with van der Waals surface area (Å²) in [7, 11) is 1.54. The molecule has 1 aromatic carbocycles. The van der Waals surface area contributed by atoms with Gasteiger partial charge in [-0.25, -0.2) is 0 Å². The zero-order valence-corrected chi connectivity index (χ0v) is 14.8. The van der Waals surface area contributed by atoms with Crippen molar-refractivity contribution < 1.29 is 14.3 Å². The van der Waals surface area contributed by atoms with Crippen molar-refractivity contribution in [3.63, 3.8) is 0 Å². The SMILES string of the molecule is CCOc1c(Br)cc(C(=O)NCCC(C)N)cc1OC.Cl. The molecule has 0 saturated carbocycles. The van der Waals surface area contributed by atoms with Crippen LogP contribution in [0.15, 0.2) is 16.6 Å². The average Bonchev–Trinajstić information content (AvgIpc) is 2.40. The van der Waals surface area contributed by atoms with Gasteiger partial charge in [0, 0.05) is 18.2 Å². The molecule has 0 saturated heterocycles. The predicted octanol–water partition coefficient (Wildman–Crippen LogP) is 2.75. The van der Waals surface area contributed by atoms with Crippen molar-refractivity contribution >= 4 is 34.2 Å². The number of ether oxygens (including phenoxy) is 2. The fourth-order valence-electron chi connectivity index (χ4n) is 1.65. The van der Waals surface area contributed by atoms with Gasteiger partial charge in [0.25, 0.3) is 5.91 Å². The number of nitrogens with one attached hydrogen (secondary N) is 1. The zero-order valence-electron chi connectivity index (χ0n) is 12.4. The van der Waals surface area contributed by atoms with Gasteiger partial charge in [-0.2, -0.15) is 0 Å². The van der Waals surface area contributed by atoms with E-state index in [2.05, 4.69) is 21.2 Å². The minimum Gasteiger partial charge on any atom is -0.493 e. The van der Waals surface area contributed by atoms with Crippen LogP contribution in [-0.4, -0.2) is 32.2 Å². The van der Waals surface area contributed by atoms with Crippen LogP contribution in [0.3, 0.4) is 0 Å². The van der Waals surface area contributed by atoms with Crippen LogP contribution in [-0.2, 0) is 0 Å². The summed E-state index contributed by atoms with van der Waals surface area (Å²) in [5, 5.41) is 2.82. The highest BCUT2D eigenvalue weighted by molar-refractivity contribution is 9.10. The minimum absolute atomic E-state index is 0. The summed E-state index contributed by atoms with van der Waals surface area (Å²) in [5.74, 6) is 0.966. The number of amides is 1. The van der Waals surface area contributed by atoms with Gasteiger partial charge in [0.2, 0.25) is 0 Å². The molecule has 3 N–H and O–H groups in total. The van der Waals surface area contributed by atoms with E-state index in [9.17, 15) is 4.79 Å². The number of methoxy groups -OCH3 is 1. The molecule has 0 bridgehead atoms. The quantitative estimate of drug-likeness (QED) is 0.761. The Labute approximate surface area is 140 Å². The third-order valence-corrected chi connectivity index (χ3v) is 3.25. The van der Waals surface area contributed by atoms with E-state index in [1.54, 1.807) is 19.2 Å². The van der Waals surface area contributed by atoms with Crippen molar-refractivity contribution in [2.75, 3.05) is 20.3 Å². The van der Waals surface area contributed by atoms with Crippen molar-refractivity contribution in [1.82, 2.24) is 5.32 Å². The molecule has 1 unspecified atom stereocenters. The lowest BCUT2D eigenvalue weighted by Gasteiger charge is -2.13. The maximum Gasteiger partial charge on any atom is 0.251 e. The Morgan fingerprint density at radius 3 is 2.67 bits per heavy atom. The largest absolute Gasteiger partial charge is 0.493 e. The maximum absolute atomic E-state index is 12.0. The van der Waals surface area contributed by atoms with Gasteiger partial charge in [-0.15, -0.1) is 12.4 Å². The van der Waals surface area contributed by atoms with E-state index < -0.39 is 0 Å². The Morgan fingerprint density at radius 1 is 1.48 bits per heavy atom. The van der Waals surface area contributed by atoms with Crippen molar-refractivity contribution in [3.8, 4) is 11.5 Å². The van der Waals surface area contributed by atoms with Crippen LogP contribution in [0.1, 0.15) is 30.6 Å². The number of hydrogen-bond acceptors (Lipinski definition) is 4. The van der Waals surface area contributed by atoms with E-state index in [-0.39, 0.29) is 24.4 Å². The summed E-state index contributed by atoms with van der Waals surface area (Å²) >= 11 is 3.39. The van der Waals surface area contributed by atoms with Crippen molar-refractivity contribution in [2.45, 2.75) is 26.3 Å². The summed E-state index contributed by atoms with van der Waals surface area (Å²) in [6.07, 6.45) is 0.737. The van der Waals surface area contributed by atoms with Crippen LogP contribution in [0.4, 0.5) is 0 Å². The zero-order chi connectivity index (χ0) is 15.1. The number of hydrogen-bond donors (Lipinski definition) is 2. The third-order valence-electron chi connectivity index (χ3n) is 2.67. The topological polar surface area (TPSA) is 73.6 Å². The summed E-state index contributed by atoms with van der Waals surface area (Å²) in [6, 6.07) is 3.45. The van der Waals surface area contributed by atoms with E-state index in [0.717, 1.165) is 6.42 Å². The van der Waals surface area contributed by atoms with E-state index in [1.807, 2.05) is 13.8 Å². The summed E-state index contributed by atoms with van der Waals surface area (Å²) < 4.78 is 11.4. The monoisotopic (exact) mass is 380 g/mol. The molecule has 1 amide bonds. The summed E-state index contributed by atoms with van der Waals surface area (Å²) in [4.78, 5) is 12.0. The molecule has 0 aliphatic carbocycles. The van der Waals surface area contributed by atoms with E-state index in [0.29, 0.717) is 34.7 Å². The first-order valence-corrected chi connectivity index (χ1v) is 7.33. The third kappa shape index (κ3) is 6.11. The highest BCUT2D eigenvalue weighted by Crippen LogP contribution is 2.36. The Morgan fingerprint density at radius 2 is 2.14 bits per heavy atom. The molecule has 5 nitrogen and oxygen atoms in total. The van der Waals surface area contributed by atoms with Crippen molar-refractivity contribution in [1.29, 1.82) is 0 Å². The molecule has 1 aromatic rings. The fourth-order valence-corrected chi connectivity index (χ4v) is 2.21. The molecule has 0 spiro atoms. The van der Waals surface area contributed by atoms with Crippen molar-refractivity contribution in [2.24, 2.45) is 5.73 Å². The lowest BCUT2D eigenvalue weighted by atomic mass is 10.1. The maximum atomic E-state index is 12.0. The molecule has 0 heterocycles. The highest BCUT2D eigenvalue weighted by Gasteiger charge is 2.15. The Kier molecular flexibility index (Phi) is 9.41. The molecule has 7 heteroatoms. The Bertz CT molecular complexity index is 470. The molecule has 120 valence electrons. The first kappa shape index (κ1) is 20.0. The first-order valence-electron chi connectivity index (χ1n) is 6.53. The lowest BCUT2D eigenvalue weighted by Crippen LogP contribution is -2.29. The van der Waals surface area contributed by atoms with Crippen LogP contribution in [0.2, 0.25) is 0 Å². The fraction of sp³-hybridized carbons (Fsp3) is 0.500. The number of benzene rings is 1. The molecule has 0 fully saturated rings. The number of carbonyl (C=O) groups is 1. The molecule has 1 rings (SSSR count). The van der Waals surface area contributed by atoms with Gasteiger partial charge in [-0.3, -0.25) is 4.79 Å². The molecule has 0 aliphatic heterocycles. The minimum atomic E-state index is -0.160. The molecule has 1 atom stereocenters. The van der Waals surface area contributed by atoms with Gasteiger partial charge < -0.3 is 20.5 Å². The van der Waals surface area contributed by atoms with Crippen LogP contribution in [0.25, 0.3) is 0 Å². The number of carbonyl (C=O) groups excluding carboxylic acids is 1. The number of halogens is 2. The highest BCUT2D eigenvalue weighted by atomic mass is 79.9. The molecule has 21 heavy (non-hydrogen) atoms. The average molecular weight is 382 g/mol. The van der Waals surface area contributed by atoms with E-state index in [4.69, 9.17) is 15.2 Å². The standard InChI is InChI=1S/C14H21BrN2O3.ClH/c1-4-20-13-11(15)7-10(8-12(13)19-3)14(18)17-6-5-9(2)16;/h7-9H,4-6,16H2,1-3H3,(H,17,18);1H. The van der Waals surface area contributed by atoms with Gasteiger partial charge in [-0.1, -0.05) is 0 Å². The van der Waals surface area contributed by atoms with Gasteiger partial charge in [0.05, 0.1) is 18.2 Å². The molecular formula is C14H22BrClN2O3. The Hall–Kier alpha value is -0.980. The number of rotatable bonds is 7. The van der Waals surface area contributed by atoms with Gasteiger partial charge in [-0.05, 0) is 48.3 Å². The smallest absolute Gasteiger partial charge is 0.251 e. The number of nitrogens with two attached hydrogens (primary N) is 1. The van der Waals surface area contributed by atoms with Crippen LogP contribution < -0.4 is 20.5 Å². The van der Waals surface area contributed by atoms with E-state index in [1.165, 1.54) is 0 Å². The second kappa shape index (κ2) is 9.87.